The first kappa shape index (κ1) is 21.7. The third-order valence-electron chi connectivity index (χ3n) is 6.62. The van der Waals surface area contributed by atoms with E-state index in [0.29, 0.717) is 0 Å². The zero-order valence-electron chi connectivity index (χ0n) is 19.9. The van der Waals surface area contributed by atoms with Crippen molar-refractivity contribution in [2.75, 3.05) is 4.90 Å². The predicted octanol–water partition coefficient (Wildman–Crippen LogP) is 10.0. The van der Waals surface area contributed by atoms with Crippen LogP contribution in [0.3, 0.4) is 0 Å². The van der Waals surface area contributed by atoms with Gasteiger partial charge in [0, 0.05) is 33.4 Å². The van der Waals surface area contributed by atoms with Gasteiger partial charge in [-0.2, -0.15) is 0 Å². The van der Waals surface area contributed by atoms with E-state index in [0.717, 1.165) is 61.3 Å². The Morgan fingerprint density at radius 2 is 1.22 bits per heavy atom. The lowest BCUT2D eigenvalue weighted by Crippen LogP contribution is -2.10. The number of nitrogens with zero attached hydrogens (tertiary/aromatic N) is 1. The van der Waals surface area contributed by atoms with Gasteiger partial charge in [-0.15, -0.1) is 0 Å². The van der Waals surface area contributed by atoms with Gasteiger partial charge in [-0.3, -0.25) is 0 Å². The molecule has 0 amide bonds. The molecule has 172 valence electrons. The van der Waals surface area contributed by atoms with Crippen LogP contribution in [0.1, 0.15) is 11.1 Å². The summed E-state index contributed by atoms with van der Waals surface area (Å²) < 4.78 is 6.27. The lowest BCUT2D eigenvalue weighted by atomic mass is 10.0. The molecule has 6 rings (SSSR count). The monoisotopic (exact) mass is 463 g/mol. The molecule has 0 atom stereocenters. The summed E-state index contributed by atoms with van der Waals surface area (Å²) in [5, 5.41) is 2.28. The van der Waals surface area contributed by atoms with Gasteiger partial charge in [0.25, 0.3) is 0 Å². The van der Waals surface area contributed by atoms with Crippen LogP contribution in [0.25, 0.3) is 45.2 Å². The van der Waals surface area contributed by atoms with Crippen molar-refractivity contribution >= 4 is 51.2 Å². The fourth-order valence-corrected chi connectivity index (χ4v) is 4.85. The molecule has 1 heterocycles. The third-order valence-corrected chi connectivity index (χ3v) is 6.62. The van der Waals surface area contributed by atoms with E-state index >= 15 is 0 Å². The van der Waals surface area contributed by atoms with Gasteiger partial charge >= 0.3 is 0 Å². The van der Waals surface area contributed by atoms with Crippen molar-refractivity contribution in [2.24, 2.45) is 0 Å². The minimum absolute atomic E-state index is 0.910. The van der Waals surface area contributed by atoms with Gasteiger partial charge in [0.1, 0.15) is 11.2 Å². The number of furan rings is 1. The standard InChI is InChI=1S/C34H25NO/c1-3-24-17-22-29(23-25(24)4-2)35(27-11-6-5-7-12-27)28-20-18-26(19-21-28)30-14-10-15-32-31-13-8-9-16-33(31)36-34(30)32/h3-23H,1-2H2. The lowest BCUT2D eigenvalue weighted by Gasteiger charge is -2.26. The van der Waals surface area contributed by atoms with Crippen molar-refractivity contribution in [1.82, 2.24) is 0 Å². The first-order valence-electron chi connectivity index (χ1n) is 12.0. The Bertz CT molecular complexity index is 1710. The molecule has 0 radical (unpaired) electrons. The first-order chi connectivity index (χ1) is 17.8. The Morgan fingerprint density at radius 3 is 2.00 bits per heavy atom. The molecular weight excluding hydrogens is 438 g/mol. The van der Waals surface area contributed by atoms with Gasteiger partial charge < -0.3 is 9.32 Å². The highest BCUT2D eigenvalue weighted by Crippen LogP contribution is 2.39. The van der Waals surface area contributed by atoms with Crippen molar-refractivity contribution in [3.63, 3.8) is 0 Å². The molecular formula is C34H25NO. The average Bonchev–Trinajstić information content (AvgIpc) is 3.33. The van der Waals surface area contributed by atoms with E-state index in [1.54, 1.807) is 0 Å². The molecule has 0 bridgehead atoms. The van der Waals surface area contributed by atoms with Crippen LogP contribution in [-0.4, -0.2) is 0 Å². The van der Waals surface area contributed by atoms with Crippen LogP contribution >= 0.6 is 0 Å². The van der Waals surface area contributed by atoms with Crippen LogP contribution in [0.2, 0.25) is 0 Å². The summed E-state index contributed by atoms with van der Waals surface area (Å²) in [4.78, 5) is 2.26. The Morgan fingerprint density at radius 1 is 0.556 bits per heavy atom. The summed E-state index contributed by atoms with van der Waals surface area (Å²) in [7, 11) is 0. The topological polar surface area (TPSA) is 16.4 Å². The molecule has 0 saturated carbocycles. The summed E-state index contributed by atoms with van der Waals surface area (Å²) in [6, 6.07) is 40.0. The van der Waals surface area contributed by atoms with Gasteiger partial charge in [0.15, 0.2) is 0 Å². The highest BCUT2D eigenvalue weighted by atomic mass is 16.3. The SMILES string of the molecule is C=Cc1ccc(N(c2ccccc2)c2ccc(-c3cccc4c3oc3ccccc34)cc2)cc1C=C. The van der Waals surface area contributed by atoms with Gasteiger partial charge in [-0.05, 0) is 59.2 Å². The van der Waals surface area contributed by atoms with E-state index < -0.39 is 0 Å². The number of rotatable bonds is 6. The number of anilines is 3. The van der Waals surface area contributed by atoms with E-state index in [2.05, 4.69) is 115 Å². The molecule has 0 saturated heterocycles. The maximum atomic E-state index is 6.27. The van der Waals surface area contributed by atoms with Gasteiger partial charge in [0.2, 0.25) is 0 Å². The van der Waals surface area contributed by atoms with Crippen LogP contribution in [0.5, 0.6) is 0 Å². The van der Waals surface area contributed by atoms with E-state index in [1.165, 1.54) is 0 Å². The molecule has 2 heteroatoms. The highest BCUT2D eigenvalue weighted by molar-refractivity contribution is 6.09. The Labute approximate surface area is 211 Å². The van der Waals surface area contributed by atoms with Gasteiger partial charge in [0.05, 0.1) is 0 Å². The van der Waals surface area contributed by atoms with Crippen LogP contribution < -0.4 is 4.90 Å². The number of hydrogen-bond donors (Lipinski definition) is 0. The van der Waals surface area contributed by atoms with Crippen LogP contribution in [0.15, 0.2) is 133 Å². The molecule has 0 fully saturated rings. The number of hydrogen-bond acceptors (Lipinski definition) is 2. The van der Waals surface area contributed by atoms with Crippen molar-refractivity contribution in [2.45, 2.75) is 0 Å². The first-order valence-corrected chi connectivity index (χ1v) is 12.0. The number of benzene rings is 5. The van der Waals surface area contributed by atoms with E-state index in [4.69, 9.17) is 4.42 Å². The minimum atomic E-state index is 0.910. The molecule has 36 heavy (non-hydrogen) atoms. The van der Waals surface area contributed by atoms with E-state index in [-0.39, 0.29) is 0 Å². The Kier molecular flexibility index (Phi) is 5.48. The molecule has 0 unspecified atom stereocenters. The molecule has 1 aromatic heterocycles. The lowest BCUT2D eigenvalue weighted by molar-refractivity contribution is 0.670. The average molecular weight is 464 g/mol. The van der Waals surface area contributed by atoms with Crippen molar-refractivity contribution in [1.29, 1.82) is 0 Å². The third kappa shape index (κ3) is 3.70. The summed E-state index contributed by atoms with van der Waals surface area (Å²) in [6.45, 7) is 7.93. The quantitative estimate of drug-likeness (QED) is 0.244. The van der Waals surface area contributed by atoms with Gasteiger partial charge in [-0.1, -0.05) is 98.1 Å². The highest BCUT2D eigenvalue weighted by Gasteiger charge is 2.15. The second kappa shape index (κ2) is 9.09. The zero-order valence-corrected chi connectivity index (χ0v) is 19.9. The van der Waals surface area contributed by atoms with Crippen LogP contribution in [0.4, 0.5) is 17.1 Å². The van der Waals surface area contributed by atoms with Crippen molar-refractivity contribution < 1.29 is 4.42 Å². The normalized spacial score (nSPS) is 11.0. The molecule has 6 aromatic rings. The van der Waals surface area contributed by atoms with E-state index in [9.17, 15) is 0 Å². The van der Waals surface area contributed by atoms with Gasteiger partial charge in [-0.25, -0.2) is 0 Å². The Balaban J connectivity index is 1.46. The van der Waals surface area contributed by atoms with Crippen molar-refractivity contribution in [3.05, 3.63) is 140 Å². The second-order valence-corrected chi connectivity index (χ2v) is 8.72. The zero-order chi connectivity index (χ0) is 24.5. The van der Waals surface area contributed by atoms with Crippen LogP contribution in [-0.2, 0) is 0 Å². The molecule has 0 aliphatic carbocycles. The summed E-state index contributed by atoms with van der Waals surface area (Å²) in [5.74, 6) is 0. The molecule has 0 aliphatic heterocycles. The number of fused-ring (bicyclic) bond motifs is 3. The maximum Gasteiger partial charge on any atom is 0.143 e. The second-order valence-electron chi connectivity index (χ2n) is 8.72. The molecule has 5 aromatic carbocycles. The van der Waals surface area contributed by atoms with E-state index in [1.807, 2.05) is 30.4 Å². The minimum Gasteiger partial charge on any atom is -0.455 e. The largest absolute Gasteiger partial charge is 0.455 e. The fraction of sp³-hybridized carbons (Fsp3) is 0. The number of para-hydroxylation sites is 3. The Hall–Kier alpha value is -4.82. The van der Waals surface area contributed by atoms with Crippen LogP contribution in [0, 0.1) is 0 Å². The molecule has 0 aliphatic rings. The maximum absolute atomic E-state index is 6.27. The molecule has 0 spiro atoms. The summed E-state index contributed by atoms with van der Waals surface area (Å²) >= 11 is 0. The molecule has 2 nitrogen and oxygen atoms in total. The smallest absolute Gasteiger partial charge is 0.143 e. The summed E-state index contributed by atoms with van der Waals surface area (Å²) in [5.41, 5.74) is 9.38. The predicted molar refractivity (Wildman–Crippen MR) is 154 cm³/mol. The molecule has 0 N–H and O–H groups in total. The summed E-state index contributed by atoms with van der Waals surface area (Å²) in [6.07, 6.45) is 3.74. The van der Waals surface area contributed by atoms with Crippen molar-refractivity contribution in [3.8, 4) is 11.1 Å². The fourth-order valence-electron chi connectivity index (χ4n) is 4.85.